The summed E-state index contributed by atoms with van der Waals surface area (Å²) >= 11 is 0. The number of nitrogens with one attached hydrogen (secondary N) is 1. The third-order valence-electron chi connectivity index (χ3n) is 4.99. The van der Waals surface area contributed by atoms with Crippen LogP contribution in [0.15, 0.2) is 58.4 Å². The van der Waals surface area contributed by atoms with Crippen LogP contribution in [0, 0.1) is 0 Å². The van der Waals surface area contributed by atoms with Crippen molar-refractivity contribution in [1.82, 2.24) is 9.97 Å². The molecule has 3 aromatic rings. The van der Waals surface area contributed by atoms with Gasteiger partial charge >= 0.3 is 6.18 Å². The van der Waals surface area contributed by atoms with E-state index in [0.29, 0.717) is 0 Å². The summed E-state index contributed by atoms with van der Waals surface area (Å²) in [6.45, 7) is 0. The standard InChI is InChI=1S/C22H17F5N4O2S/c1-34(32,33)18-7-3-2-6-14(18)30-15-10-13(28-16-11-17(21(23)24)31-20(15)16)9-12-5-4-8-19(29-12)22(25,26)27/h2-8,10,21H,9,11H2,1H3,(H,28,30). The first-order valence-corrected chi connectivity index (χ1v) is 11.8. The van der Waals surface area contributed by atoms with Gasteiger partial charge in [0.2, 0.25) is 0 Å². The summed E-state index contributed by atoms with van der Waals surface area (Å²) in [6, 6.07) is 10.9. The van der Waals surface area contributed by atoms with E-state index in [1.54, 1.807) is 6.07 Å². The summed E-state index contributed by atoms with van der Waals surface area (Å²) in [4.78, 5) is 11.9. The number of benzene rings is 1. The van der Waals surface area contributed by atoms with Crippen LogP contribution in [-0.4, -0.2) is 36.8 Å². The third kappa shape index (κ3) is 5.06. The van der Waals surface area contributed by atoms with Crippen molar-refractivity contribution in [2.75, 3.05) is 11.6 Å². The Labute approximate surface area is 191 Å². The molecule has 0 radical (unpaired) electrons. The highest BCUT2D eigenvalue weighted by atomic mass is 32.2. The van der Waals surface area contributed by atoms with E-state index in [2.05, 4.69) is 20.3 Å². The van der Waals surface area contributed by atoms with Gasteiger partial charge in [-0.05, 0) is 30.3 Å². The number of pyridine rings is 2. The number of sulfone groups is 1. The average molecular weight is 496 g/mol. The lowest BCUT2D eigenvalue weighted by atomic mass is 10.1. The molecule has 34 heavy (non-hydrogen) atoms. The first-order chi connectivity index (χ1) is 15.9. The summed E-state index contributed by atoms with van der Waals surface area (Å²) in [5.74, 6) is 0. The zero-order chi connectivity index (χ0) is 24.7. The van der Waals surface area contributed by atoms with E-state index in [4.69, 9.17) is 0 Å². The second-order valence-electron chi connectivity index (χ2n) is 7.62. The van der Waals surface area contributed by atoms with Crippen molar-refractivity contribution in [3.8, 4) is 0 Å². The predicted molar refractivity (Wildman–Crippen MR) is 116 cm³/mol. The van der Waals surface area contributed by atoms with Crippen LogP contribution in [0.3, 0.4) is 0 Å². The van der Waals surface area contributed by atoms with Crippen molar-refractivity contribution in [3.05, 3.63) is 71.3 Å². The molecule has 0 saturated heterocycles. The number of halogens is 5. The SMILES string of the molecule is CS(=O)(=O)c1ccccc1Nc1cc(Cc2cccc(C(F)(F)F)n2)nc2c1N=C(C(F)F)C2. The predicted octanol–water partition coefficient (Wildman–Crippen LogP) is 5.13. The van der Waals surface area contributed by atoms with Crippen molar-refractivity contribution in [1.29, 1.82) is 0 Å². The quantitative estimate of drug-likeness (QED) is 0.479. The number of para-hydroxylation sites is 1. The largest absolute Gasteiger partial charge is 0.433 e. The Hall–Kier alpha value is -3.41. The third-order valence-corrected chi connectivity index (χ3v) is 6.14. The molecule has 0 atom stereocenters. The van der Waals surface area contributed by atoms with Crippen LogP contribution < -0.4 is 5.32 Å². The van der Waals surface area contributed by atoms with Crippen molar-refractivity contribution in [2.45, 2.75) is 30.3 Å². The molecule has 0 amide bonds. The second-order valence-corrected chi connectivity index (χ2v) is 9.60. The van der Waals surface area contributed by atoms with Crippen LogP contribution in [0.4, 0.5) is 39.0 Å². The van der Waals surface area contributed by atoms with Gasteiger partial charge in [-0.15, -0.1) is 0 Å². The van der Waals surface area contributed by atoms with Gasteiger partial charge in [0, 0.05) is 30.5 Å². The molecule has 0 saturated carbocycles. The van der Waals surface area contributed by atoms with Crippen molar-refractivity contribution >= 4 is 32.6 Å². The van der Waals surface area contributed by atoms with E-state index in [-0.39, 0.29) is 51.9 Å². The first kappa shape index (κ1) is 23.7. The highest BCUT2D eigenvalue weighted by Gasteiger charge is 2.32. The molecule has 12 heteroatoms. The number of hydrogen-bond acceptors (Lipinski definition) is 6. The molecule has 0 unspecified atom stereocenters. The van der Waals surface area contributed by atoms with E-state index in [0.717, 1.165) is 12.3 Å². The number of rotatable bonds is 6. The molecule has 1 aliphatic heterocycles. The van der Waals surface area contributed by atoms with Crippen LogP contribution in [0.25, 0.3) is 0 Å². The molecule has 0 fully saturated rings. The molecule has 1 N–H and O–H groups in total. The lowest BCUT2D eigenvalue weighted by Crippen LogP contribution is -2.11. The zero-order valence-electron chi connectivity index (χ0n) is 17.6. The molecule has 1 aromatic carbocycles. The normalized spacial score (nSPS) is 13.7. The van der Waals surface area contributed by atoms with Gasteiger partial charge in [-0.2, -0.15) is 13.2 Å². The summed E-state index contributed by atoms with van der Waals surface area (Å²) in [5, 5.41) is 2.93. The fourth-order valence-corrected chi connectivity index (χ4v) is 4.37. The Morgan fingerprint density at radius 1 is 1.00 bits per heavy atom. The number of nitrogens with zero attached hydrogens (tertiary/aromatic N) is 3. The number of aromatic nitrogens is 2. The van der Waals surface area contributed by atoms with Crippen molar-refractivity contribution < 1.29 is 30.4 Å². The molecular formula is C22H17F5N4O2S. The Morgan fingerprint density at radius 3 is 2.41 bits per heavy atom. The monoisotopic (exact) mass is 496 g/mol. The number of aliphatic imine (C=N–C) groups is 1. The molecule has 4 rings (SSSR count). The van der Waals surface area contributed by atoms with E-state index >= 15 is 0 Å². The van der Waals surface area contributed by atoms with Gasteiger partial charge in [0.05, 0.1) is 27.7 Å². The molecule has 0 spiro atoms. The minimum Gasteiger partial charge on any atom is -0.353 e. The lowest BCUT2D eigenvalue weighted by molar-refractivity contribution is -0.141. The molecule has 178 valence electrons. The maximum Gasteiger partial charge on any atom is 0.433 e. The molecule has 2 aromatic heterocycles. The van der Waals surface area contributed by atoms with Crippen LogP contribution in [0.2, 0.25) is 0 Å². The molecule has 6 nitrogen and oxygen atoms in total. The Balaban J connectivity index is 1.76. The molecular weight excluding hydrogens is 479 g/mol. The zero-order valence-corrected chi connectivity index (χ0v) is 18.4. The van der Waals surface area contributed by atoms with E-state index in [1.807, 2.05) is 0 Å². The van der Waals surface area contributed by atoms with Crippen LogP contribution in [0.1, 0.15) is 22.8 Å². The molecule has 3 heterocycles. The fourth-order valence-electron chi connectivity index (χ4n) is 3.52. The lowest BCUT2D eigenvalue weighted by Gasteiger charge is -2.15. The smallest absolute Gasteiger partial charge is 0.353 e. The van der Waals surface area contributed by atoms with Gasteiger partial charge in [0.25, 0.3) is 6.43 Å². The molecule has 1 aliphatic rings. The second kappa shape index (κ2) is 8.75. The van der Waals surface area contributed by atoms with E-state index in [1.165, 1.54) is 36.4 Å². The van der Waals surface area contributed by atoms with Crippen LogP contribution in [0.5, 0.6) is 0 Å². The Morgan fingerprint density at radius 2 is 1.74 bits per heavy atom. The van der Waals surface area contributed by atoms with Gasteiger partial charge in [-0.1, -0.05) is 18.2 Å². The van der Waals surface area contributed by atoms with Crippen molar-refractivity contribution in [2.24, 2.45) is 4.99 Å². The van der Waals surface area contributed by atoms with Crippen LogP contribution >= 0.6 is 0 Å². The van der Waals surface area contributed by atoms with E-state index in [9.17, 15) is 30.4 Å². The number of alkyl halides is 5. The maximum absolute atomic E-state index is 13.3. The number of anilines is 2. The summed E-state index contributed by atoms with van der Waals surface area (Å²) < 4.78 is 90.0. The fraction of sp³-hybridized carbons (Fsp3) is 0.227. The highest BCUT2D eigenvalue weighted by Crippen LogP contribution is 2.38. The number of fused-ring (bicyclic) bond motifs is 1. The van der Waals surface area contributed by atoms with E-state index < -0.39 is 33.8 Å². The summed E-state index contributed by atoms with van der Waals surface area (Å²) in [6.07, 6.45) is -6.76. The first-order valence-electron chi connectivity index (χ1n) is 9.89. The average Bonchev–Trinajstić information content (AvgIpc) is 3.18. The summed E-state index contributed by atoms with van der Waals surface area (Å²) in [5.41, 5.74) is -0.390. The van der Waals surface area contributed by atoms with Gasteiger partial charge in [-0.3, -0.25) is 4.98 Å². The molecule has 0 aliphatic carbocycles. The minimum atomic E-state index is -4.62. The van der Waals surface area contributed by atoms with Gasteiger partial charge < -0.3 is 5.32 Å². The topological polar surface area (TPSA) is 84.3 Å². The summed E-state index contributed by atoms with van der Waals surface area (Å²) in [7, 11) is -3.62. The van der Waals surface area contributed by atoms with Crippen LogP contribution in [-0.2, 0) is 28.9 Å². The Kier molecular flexibility index (Phi) is 6.11. The molecule has 0 bridgehead atoms. The van der Waals surface area contributed by atoms with Gasteiger partial charge in [0.15, 0.2) is 9.84 Å². The van der Waals surface area contributed by atoms with Gasteiger partial charge in [-0.25, -0.2) is 27.2 Å². The maximum atomic E-state index is 13.3. The van der Waals surface area contributed by atoms with Crippen molar-refractivity contribution in [3.63, 3.8) is 0 Å². The number of hydrogen-bond donors (Lipinski definition) is 1. The Bertz CT molecular complexity index is 1390. The van der Waals surface area contributed by atoms with Gasteiger partial charge in [0.1, 0.15) is 11.4 Å². The highest BCUT2D eigenvalue weighted by molar-refractivity contribution is 7.90. The minimum absolute atomic E-state index is 0.0160.